The molecule has 7 nitrogen and oxygen atoms in total. The van der Waals surface area contributed by atoms with Crippen LogP contribution in [0.25, 0.3) is 0 Å². The van der Waals surface area contributed by atoms with Crippen LogP contribution in [-0.2, 0) is 6.54 Å². The molecule has 0 spiro atoms. The third-order valence-corrected chi connectivity index (χ3v) is 5.51. The van der Waals surface area contributed by atoms with E-state index in [4.69, 9.17) is 14.5 Å². The Kier molecular flexibility index (Phi) is 6.97. The molecule has 1 unspecified atom stereocenters. The van der Waals surface area contributed by atoms with Gasteiger partial charge < -0.3 is 25.0 Å². The number of benzene rings is 1. The average Bonchev–Trinajstić information content (AvgIpc) is 3.34. The molecule has 3 rings (SSSR count). The van der Waals surface area contributed by atoms with E-state index in [0.717, 1.165) is 54.2 Å². The maximum Gasteiger partial charge on any atom is 0.191 e. The van der Waals surface area contributed by atoms with Gasteiger partial charge in [-0.25, -0.2) is 9.98 Å². The van der Waals surface area contributed by atoms with Crippen LogP contribution in [0, 0.1) is 6.92 Å². The van der Waals surface area contributed by atoms with E-state index in [9.17, 15) is 0 Å². The number of anilines is 1. The van der Waals surface area contributed by atoms with Crippen LogP contribution in [0.2, 0.25) is 0 Å². The van der Waals surface area contributed by atoms with Gasteiger partial charge in [0, 0.05) is 60.6 Å². The molecule has 1 aromatic heterocycles. The number of guanidine groups is 1. The fourth-order valence-corrected chi connectivity index (χ4v) is 3.93. The van der Waals surface area contributed by atoms with Gasteiger partial charge in [0.1, 0.15) is 16.5 Å². The quantitative estimate of drug-likeness (QED) is 0.547. The smallest absolute Gasteiger partial charge is 0.191 e. The standard InChI is InChI=1S/C20H29N5O2S/c1-5-21-20(23-12-19-22-11-14(2)28-19)24-15-6-7-25(13-15)16-8-17(26-3)10-18(9-16)27-4/h8-11,15H,5-7,12-13H2,1-4H3,(H2,21,23,24). The molecule has 0 bridgehead atoms. The first-order valence-corrected chi connectivity index (χ1v) is 10.4. The van der Waals surface area contributed by atoms with Gasteiger partial charge in [-0.15, -0.1) is 11.3 Å². The Morgan fingerprint density at radius 1 is 1.29 bits per heavy atom. The molecule has 1 fully saturated rings. The Morgan fingerprint density at radius 3 is 2.64 bits per heavy atom. The third-order valence-electron chi connectivity index (χ3n) is 4.62. The van der Waals surface area contributed by atoms with Crippen molar-refractivity contribution in [1.82, 2.24) is 15.6 Å². The lowest BCUT2D eigenvalue weighted by Gasteiger charge is -2.21. The summed E-state index contributed by atoms with van der Waals surface area (Å²) in [5.41, 5.74) is 1.11. The minimum absolute atomic E-state index is 0.327. The Balaban J connectivity index is 1.63. The number of thiazole rings is 1. The lowest BCUT2D eigenvalue weighted by molar-refractivity contribution is 0.394. The summed E-state index contributed by atoms with van der Waals surface area (Å²) in [6, 6.07) is 6.32. The summed E-state index contributed by atoms with van der Waals surface area (Å²) < 4.78 is 10.8. The second-order valence-corrected chi connectivity index (χ2v) is 8.03. The van der Waals surface area contributed by atoms with Crippen molar-refractivity contribution >= 4 is 23.0 Å². The van der Waals surface area contributed by atoms with Gasteiger partial charge in [-0.1, -0.05) is 0 Å². The first-order valence-electron chi connectivity index (χ1n) is 9.55. The maximum absolute atomic E-state index is 5.40. The van der Waals surface area contributed by atoms with Gasteiger partial charge in [0.15, 0.2) is 5.96 Å². The zero-order chi connectivity index (χ0) is 19.9. The minimum Gasteiger partial charge on any atom is -0.497 e. The highest BCUT2D eigenvalue weighted by atomic mass is 32.1. The first-order chi connectivity index (χ1) is 13.6. The normalized spacial score (nSPS) is 16.9. The molecule has 1 atom stereocenters. The van der Waals surface area contributed by atoms with E-state index < -0.39 is 0 Å². The molecule has 0 radical (unpaired) electrons. The van der Waals surface area contributed by atoms with Gasteiger partial charge in [0.25, 0.3) is 0 Å². The molecule has 152 valence electrons. The largest absolute Gasteiger partial charge is 0.497 e. The van der Waals surface area contributed by atoms with Crippen LogP contribution in [0.5, 0.6) is 11.5 Å². The molecule has 0 amide bonds. The summed E-state index contributed by atoms with van der Waals surface area (Å²) in [7, 11) is 3.35. The van der Waals surface area contributed by atoms with E-state index in [0.29, 0.717) is 12.6 Å². The second-order valence-electron chi connectivity index (χ2n) is 6.71. The minimum atomic E-state index is 0.327. The van der Waals surface area contributed by atoms with E-state index in [1.807, 2.05) is 12.3 Å². The molecule has 1 aromatic carbocycles. The molecule has 1 aliphatic heterocycles. The van der Waals surface area contributed by atoms with Crippen molar-refractivity contribution in [1.29, 1.82) is 0 Å². The predicted octanol–water partition coefficient (Wildman–Crippen LogP) is 2.80. The molecule has 8 heteroatoms. The number of aromatic nitrogens is 1. The van der Waals surface area contributed by atoms with Crippen molar-refractivity contribution in [3.63, 3.8) is 0 Å². The molecular weight excluding hydrogens is 374 g/mol. The van der Waals surface area contributed by atoms with Gasteiger partial charge in [0.2, 0.25) is 0 Å². The molecule has 28 heavy (non-hydrogen) atoms. The van der Waals surface area contributed by atoms with E-state index in [1.54, 1.807) is 25.6 Å². The van der Waals surface area contributed by atoms with Crippen molar-refractivity contribution in [3.8, 4) is 11.5 Å². The molecule has 2 aromatic rings. The maximum atomic E-state index is 5.40. The van der Waals surface area contributed by atoms with Gasteiger partial charge in [-0.05, 0) is 20.3 Å². The SMILES string of the molecule is CCNC(=NCc1ncc(C)s1)NC1CCN(c2cc(OC)cc(OC)c2)C1. The summed E-state index contributed by atoms with van der Waals surface area (Å²) in [4.78, 5) is 12.6. The van der Waals surface area contributed by atoms with Gasteiger partial charge >= 0.3 is 0 Å². The molecule has 0 aliphatic carbocycles. The van der Waals surface area contributed by atoms with Gasteiger partial charge in [-0.2, -0.15) is 0 Å². The van der Waals surface area contributed by atoms with Crippen molar-refractivity contribution in [2.45, 2.75) is 32.9 Å². The zero-order valence-electron chi connectivity index (χ0n) is 17.0. The number of hydrogen-bond acceptors (Lipinski definition) is 6. The molecule has 2 N–H and O–H groups in total. The molecule has 2 heterocycles. The van der Waals surface area contributed by atoms with E-state index in [-0.39, 0.29) is 0 Å². The van der Waals surface area contributed by atoms with E-state index in [1.165, 1.54) is 4.88 Å². The van der Waals surface area contributed by atoms with E-state index >= 15 is 0 Å². The Hall–Kier alpha value is -2.48. The molecule has 0 saturated carbocycles. The highest BCUT2D eigenvalue weighted by Crippen LogP contribution is 2.30. The molecule has 1 aliphatic rings. The van der Waals surface area contributed by atoms with Gasteiger partial charge in [0.05, 0.1) is 20.8 Å². The average molecular weight is 404 g/mol. The fraction of sp³-hybridized carbons (Fsp3) is 0.500. The summed E-state index contributed by atoms with van der Waals surface area (Å²) in [5, 5.41) is 7.93. The number of nitrogens with one attached hydrogen (secondary N) is 2. The number of aliphatic imine (C=N–C) groups is 1. The van der Waals surface area contributed by atoms with Crippen LogP contribution in [0.4, 0.5) is 5.69 Å². The number of rotatable bonds is 7. The second kappa shape index (κ2) is 9.64. The van der Waals surface area contributed by atoms with Crippen LogP contribution in [0.3, 0.4) is 0 Å². The lowest BCUT2D eigenvalue weighted by Crippen LogP contribution is -2.44. The summed E-state index contributed by atoms with van der Waals surface area (Å²) >= 11 is 1.69. The van der Waals surface area contributed by atoms with Crippen LogP contribution < -0.4 is 25.0 Å². The molecular formula is C20H29N5O2S. The van der Waals surface area contributed by atoms with Crippen molar-refractivity contribution < 1.29 is 9.47 Å². The van der Waals surface area contributed by atoms with Crippen LogP contribution in [-0.4, -0.2) is 50.8 Å². The topological polar surface area (TPSA) is 71.0 Å². The monoisotopic (exact) mass is 403 g/mol. The van der Waals surface area contributed by atoms with Crippen LogP contribution in [0.1, 0.15) is 23.2 Å². The van der Waals surface area contributed by atoms with Crippen molar-refractivity contribution in [2.24, 2.45) is 4.99 Å². The Morgan fingerprint density at radius 2 is 2.04 bits per heavy atom. The van der Waals surface area contributed by atoms with Crippen molar-refractivity contribution in [2.75, 3.05) is 38.8 Å². The lowest BCUT2D eigenvalue weighted by atomic mass is 10.2. The zero-order valence-corrected chi connectivity index (χ0v) is 17.8. The summed E-state index contributed by atoms with van der Waals surface area (Å²) in [6.45, 7) is 7.43. The van der Waals surface area contributed by atoms with E-state index in [2.05, 4.69) is 46.5 Å². The summed E-state index contributed by atoms with van der Waals surface area (Å²) in [6.07, 6.45) is 2.94. The Labute approximate surface area is 170 Å². The van der Waals surface area contributed by atoms with Crippen molar-refractivity contribution in [3.05, 3.63) is 34.3 Å². The molecule has 1 saturated heterocycles. The fourth-order valence-electron chi connectivity index (χ4n) is 3.22. The highest BCUT2D eigenvalue weighted by molar-refractivity contribution is 7.11. The van der Waals surface area contributed by atoms with Crippen LogP contribution in [0.15, 0.2) is 29.4 Å². The number of ether oxygens (including phenoxy) is 2. The third kappa shape index (κ3) is 5.28. The van der Waals surface area contributed by atoms with Crippen LogP contribution >= 0.6 is 11.3 Å². The number of methoxy groups -OCH3 is 2. The number of nitrogens with zero attached hydrogens (tertiary/aromatic N) is 3. The highest BCUT2D eigenvalue weighted by Gasteiger charge is 2.24. The summed E-state index contributed by atoms with van der Waals surface area (Å²) in [5.74, 6) is 2.45. The van der Waals surface area contributed by atoms with Gasteiger partial charge in [-0.3, -0.25) is 0 Å². The number of hydrogen-bond donors (Lipinski definition) is 2. The number of aryl methyl sites for hydroxylation is 1. The predicted molar refractivity (Wildman–Crippen MR) is 115 cm³/mol. The first kappa shape index (κ1) is 20.3. The Bertz CT molecular complexity index is 785.